The number of hydrogen-bond donors (Lipinski definition) is 4. The second-order valence-electron chi connectivity index (χ2n) is 8.97. The molecule has 4 heterocycles. The summed E-state index contributed by atoms with van der Waals surface area (Å²) in [6, 6.07) is 4.63. The molecule has 0 radical (unpaired) electrons. The van der Waals surface area contributed by atoms with Crippen LogP contribution in [0.5, 0.6) is 0 Å². The van der Waals surface area contributed by atoms with Gasteiger partial charge in [-0.25, -0.2) is 14.2 Å². The Bertz CT molecular complexity index is 1310. The summed E-state index contributed by atoms with van der Waals surface area (Å²) in [5, 5.41) is 16.2. The lowest BCUT2D eigenvalue weighted by molar-refractivity contribution is 0.0792. The zero-order valence-electron chi connectivity index (χ0n) is 19.0. The van der Waals surface area contributed by atoms with Crippen molar-refractivity contribution in [1.82, 2.24) is 30.4 Å². The monoisotopic (exact) mass is 500 g/mol. The number of carbonyl (C=O) groups excluding carboxylic acids is 2. The van der Waals surface area contributed by atoms with Gasteiger partial charge in [-0.1, -0.05) is 0 Å². The summed E-state index contributed by atoms with van der Waals surface area (Å²) in [5.74, 6) is -1.20. The molecule has 1 saturated heterocycles. The minimum Gasteiger partial charge on any atom is -0.465 e. The first kappa shape index (κ1) is 23.2. The molecule has 1 aromatic carbocycles. The van der Waals surface area contributed by atoms with Crippen LogP contribution < -0.4 is 10.6 Å². The van der Waals surface area contributed by atoms with Crippen LogP contribution in [0.3, 0.4) is 0 Å². The molecule has 0 unspecified atom stereocenters. The van der Waals surface area contributed by atoms with Crippen LogP contribution in [-0.4, -0.2) is 81.5 Å². The first-order valence-corrected chi connectivity index (χ1v) is 12.1. The van der Waals surface area contributed by atoms with Crippen LogP contribution >= 0.6 is 11.3 Å². The third-order valence-corrected chi connectivity index (χ3v) is 7.54. The van der Waals surface area contributed by atoms with Gasteiger partial charge in [-0.3, -0.25) is 9.59 Å². The molecule has 0 bridgehead atoms. The molecule has 0 aliphatic carbocycles. The van der Waals surface area contributed by atoms with Crippen molar-refractivity contribution in [2.24, 2.45) is 0 Å². The number of halogens is 1. The molecule has 5 rings (SSSR count). The van der Waals surface area contributed by atoms with Gasteiger partial charge >= 0.3 is 6.09 Å². The number of piperidine rings is 1. The number of benzene rings is 1. The number of rotatable bonds is 4. The zero-order valence-corrected chi connectivity index (χ0v) is 19.8. The first-order valence-electron chi connectivity index (χ1n) is 11.3. The Morgan fingerprint density at radius 1 is 1.17 bits per heavy atom. The SMILES string of the molecule is CN1CCc2nc(C(=O)N[C@@H]3CN(C(=O)O)CC[C@@H]3NC(=O)c3cc4cc(F)ccc4[nH]3)sc2C1. The molecule has 2 atom stereocenters. The maximum Gasteiger partial charge on any atom is 0.407 e. The molecule has 2 aromatic heterocycles. The average Bonchev–Trinajstić information content (AvgIpc) is 3.43. The second-order valence-corrected chi connectivity index (χ2v) is 10.1. The van der Waals surface area contributed by atoms with E-state index in [1.54, 1.807) is 12.1 Å². The number of amides is 3. The first-order chi connectivity index (χ1) is 16.8. The molecule has 0 saturated carbocycles. The molecule has 35 heavy (non-hydrogen) atoms. The number of aromatic nitrogens is 2. The second kappa shape index (κ2) is 9.27. The molecule has 3 amide bonds. The van der Waals surface area contributed by atoms with E-state index in [9.17, 15) is 23.9 Å². The van der Waals surface area contributed by atoms with Gasteiger partial charge in [-0.05, 0) is 37.7 Å². The number of thiazole rings is 1. The lowest BCUT2D eigenvalue weighted by atomic mass is 9.99. The van der Waals surface area contributed by atoms with E-state index < -0.39 is 29.9 Å². The van der Waals surface area contributed by atoms with E-state index in [4.69, 9.17) is 0 Å². The third kappa shape index (κ3) is 4.84. The minimum absolute atomic E-state index is 0.0394. The molecule has 12 heteroatoms. The number of H-pyrrole nitrogens is 1. The van der Waals surface area contributed by atoms with Crippen LogP contribution in [0.4, 0.5) is 9.18 Å². The summed E-state index contributed by atoms with van der Waals surface area (Å²) in [4.78, 5) is 49.5. The number of hydrogen-bond acceptors (Lipinski definition) is 6. The predicted molar refractivity (Wildman–Crippen MR) is 127 cm³/mol. The summed E-state index contributed by atoms with van der Waals surface area (Å²) >= 11 is 1.34. The quantitative estimate of drug-likeness (QED) is 0.434. The molecule has 10 nitrogen and oxygen atoms in total. The van der Waals surface area contributed by atoms with E-state index >= 15 is 0 Å². The Balaban J connectivity index is 1.32. The van der Waals surface area contributed by atoms with Gasteiger partial charge in [0.05, 0.1) is 17.8 Å². The number of aromatic amines is 1. The van der Waals surface area contributed by atoms with E-state index in [2.05, 4.69) is 25.5 Å². The third-order valence-electron chi connectivity index (χ3n) is 6.46. The molecule has 4 N–H and O–H groups in total. The number of nitrogens with one attached hydrogen (secondary N) is 3. The molecule has 3 aromatic rings. The Morgan fingerprint density at radius 2 is 1.97 bits per heavy atom. The van der Waals surface area contributed by atoms with Crippen molar-refractivity contribution in [3.63, 3.8) is 0 Å². The minimum atomic E-state index is -1.08. The van der Waals surface area contributed by atoms with E-state index in [1.807, 2.05) is 7.05 Å². The van der Waals surface area contributed by atoms with Crippen molar-refractivity contribution in [3.8, 4) is 0 Å². The Morgan fingerprint density at radius 3 is 2.77 bits per heavy atom. The molecule has 2 aliphatic heterocycles. The van der Waals surface area contributed by atoms with Crippen LogP contribution in [0, 0.1) is 5.82 Å². The number of carbonyl (C=O) groups is 3. The fourth-order valence-electron chi connectivity index (χ4n) is 4.57. The normalized spacial score (nSPS) is 20.5. The molecule has 1 fully saturated rings. The molecular formula is C23H25FN6O4S. The maximum atomic E-state index is 13.5. The van der Waals surface area contributed by atoms with E-state index in [0.717, 1.165) is 30.1 Å². The number of nitrogens with zero attached hydrogens (tertiary/aromatic N) is 3. The predicted octanol–water partition coefficient (Wildman–Crippen LogP) is 2.03. The topological polar surface area (TPSA) is 131 Å². The highest BCUT2D eigenvalue weighted by Gasteiger charge is 2.35. The van der Waals surface area contributed by atoms with Gasteiger partial charge in [-0.15, -0.1) is 11.3 Å². The van der Waals surface area contributed by atoms with Crippen molar-refractivity contribution >= 4 is 40.1 Å². The zero-order chi connectivity index (χ0) is 24.7. The Hall–Kier alpha value is -3.51. The molecule has 184 valence electrons. The fourth-order valence-corrected chi connectivity index (χ4v) is 5.66. The lowest BCUT2D eigenvalue weighted by Crippen LogP contribution is -2.61. The summed E-state index contributed by atoms with van der Waals surface area (Å²) < 4.78 is 13.5. The van der Waals surface area contributed by atoms with E-state index in [0.29, 0.717) is 22.3 Å². The van der Waals surface area contributed by atoms with Gasteiger partial charge in [0.25, 0.3) is 11.8 Å². The summed E-state index contributed by atoms with van der Waals surface area (Å²) in [6.45, 7) is 1.88. The number of likely N-dealkylation sites (tertiary alicyclic amines) is 1. The van der Waals surface area contributed by atoms with E-state index in [1.165, 1.54) is 28.4 Å². The Labute approximate surface area is 204 Å². The summed E-state index contributed by atoms with van der Waals surface area (Å²) in [6.07, 6.45) is 0.0232. The highest BCUT2D eigenvalue weighted by atomic mass is 32.1. The van der Waals surface area contributed by atoms with Gasteiger partial charge in [-0.2, -0.15) is 0 Å². The van der Waals surface area contributed by atoms with Gasteiger partial charge in [0.15, 0.2) is 5.01 Å². The van der Waals surface area contributed by atoms with Crippen molar-refractivity contribution in [2.45, 2.75) is 31.5 Å². The van der Waals surface area contributed by atoms with Crippen molar-refractivity contribution in [1.29, 1.82) is 0 Å². The molecule has 2 aliphatic rings. The average molecular weight is 501 g/mol. The largest absolute Gasteiger partial charge is 0.465 e. The van der Waals surface area contributed by atoms with Crippen molar-refractivity contribution < 1.29 is 23.9 Å². The molecular weight excluding hydrogens is 475 g/mol. The van der Waals surface area contributed by atoms with Crippen LogP contribution in [0.15, 0.2) is 24.3 Å². The van der Waals surface area contributed by atoms with Crippen LogP contribution in [0.1, 0.15) is 37.3 Å². The van der Waals surface area contributed by atoms with Crippen LogP contribution in [0.25, 0.3) is 10.9 Å². The number of carboxylic acid groups (broad SMARTS) is 1. The molecule has 0 spiro atoms. The summed E-state index contributed by atoms with van der Waals surface area (Å²) in [7, 11) is 2.02. The van der Waals surface area contributed by atoms with Crippen molar-refractivity contribution in [2.75, 3.05) is 26.7 Å². The summed E-state index contributed by atoms with van der Waals surface area (Å²) in [5.41, 5.74) is 1.81. The van der Waals surface area contributed by atoms with Gasteiger partial charge in [0.2, 0.25) is 0 Å². The smallest absolute Gasteiger partial charge is 0.407 e. The lowest BCUT2D eigenvalue weighted by Gasteiger charge is -2.37. The fraction of sp³-hybridized carbons (Fsp3) is 0.391. The van der Waals surface area contributed by atoms with Gasteiger partial charge in [0, 0.05) is 48.4 Å². The maximum absolute atomic E-state index is 13.5. The van der Waals surface area contributed by atoms with Crippen LogP contribution in [-0.2, 0) is 13.0 Å². The van der Waals surface area contributed by atoms with Crippen molar-refractivity contribution in [3.05, 3.63) is 51.4 Å². The van der Waals surface area contributed by atoms with Gasteiger partial charge < -0.3 is 30.5 Å². The highest BCUT2D eigenvalue weighted by Crippen LogP contribution is 2.25. The van der Waals surface area contributed by atoms with Gasteiger partial charge in [0.1, 0.15) is 11.5 Å². The van der Waals surface area contributed by atoms with Crippen LogP contribution in [0.2, 0.25) is 0 Å². The number of likely N-dealkylation sites (N-methyl/N-ethyl adjacent to an activating group) is 1. The highest BCUT2D eigenvalue weighted by molar-refractivity contribution is 7.13. The number of fused-ring (bicyclic) bond motifs is 2. The standard InChI is InChI=1S/C23H25FN6O4S/c1-29-6-4-16-19(11-29)35-22(28-16)21(32)27-18-10-30(23(33)34)7-5-15(18)26-20(31)17-9-12-8-13(24)2-3-14(12)25-17/h2-3,8-9,15,18,25H,4-7,10-11H2,1H3,(H,26,31)(H,27,32)(H,33,34)/t15-,18+/m0/s1. The Kier molecular flexibility index (Phi) is 6.15. The van der Waals surface area contributed by atoms with E-state index in [-0.39, 0.29) is 24.7 Å².